The van der Waals surface area contributed by atoms with E-state index in [-0.39, 0.29) is 25.7 Å². The lowest BCUT2D eigenvalue weighted by molar-refractivity contribution is -0.161. The van der Waals surface area contributed by atoms with Gasteiger partial charge in [0.05, 0.1) is 26.4 Å². The lowest BCUT2D eigenvalue weighted by Gasteiger charge is -2.21. The Morgan fingerprint density at radius 3 is 0.800 bits per heavy atom. The Kier molecular flexibility index (Phi) is 57.1. The molecule has 0 aliphatic carbocycles. The molecule has 0 radical (unpaired) electrons. The summed E-state index contributed by atoms with van der Waals surface area (Å²) < 4.78 is 68.1. The topological polar surface area (TPSA) is 237 Å². The molecule has 0 saturated heterocycles. The Bertz CT molecular complexity index is 1670. The Hall–Kier alpha value is -1.94. The van der Waals surface area contributed by atoms with Gasteiger partial charge in [0.1, 0.15) is 19.3 Å². The minimum absolute atomic E-state index is 0.103. The van der Waals surface area contributed by atoms with Gasteiger partial charge in [0.25, 0.3) is 0 Å². The highest BCUT2D eigenvalue weighted by Crippen LogP contribution is 2.45. The van der Waals surface area contributed by atoms with Crippen LogP contribution in [0.3, 0.4) is 0 Å². The van der Waals surface area contributed by atoms with Crippen molar-refractivity contribution in [2.75, 3.05) is 39.6 Å². The minimum Gasteiger partial charge on any atom is -0.462 e. The van der Waals surface area contributed by atoms with Crippen LogP contribution in [0.25, 0.3) is 0 Å². The van der Waals surface area contributed by atoms with E-state index in [1.807, 2.05) is 0 Å². The fraction of sp³-hybridized carbons (Fsp3) is 0.939. The number of aliphatic hydroxyl groups is 1. The van der Waals surface area contributed by atoms with Crippen LogP contribution in [-0.4, -0.2) is 96.7 Å². The molecule has 0 aromatic heterocycles. The molecule has 0 aliphatic heterocycles. The van der Waals surface area contributed by atoms with Crippen molar-refractivity contribution in [2.24, 2.45) is 11.8 Å². The first-order chi connectivity index (χ1) is 40.9. The monoisotopic (exact) mass is 1250 g/mol. The molecule has 0 aromatic rings. The number of esters is 4. The van der Waals surface area contributed by atoms with Crippen LogP contribution in [0.1, 0.15) is 330 Å². The van der Waals surface area contributed by atoms with Crippen molar-refractivity contribution >= 4 is 39.5 Å². The molecule has 0 fully saturated rings. The quantitative estimate of drug-likeness (QED) is 0.0222. The molecule has 5 atom stereocenters. The van der Waals surface area contributed by atoms with Gasteiger partial charge in [0.2, 0.25) is 0 Å². The Morgan fingerprint density at radius 2 is 0.541 bits per heavy atom. The van der Waals surface area contributed by atoms with Gasteiger partial charge in [-0.05, 0) is 37.5 Å². The van der Waals surface area contributed by atoms with E-state index in [1.54, 1.807) is 0 Å². The molecule has 0 rings (SSSR count). The summed E-state index contributed by atoms with van der Waals surface area (Å²) in [6.45, 7) is 9.39. The number of phosphoric acid groups is 2. The van der Waals surface area contributed by atoms with E-state index in [4.69, 9.17) is 37.0 Å². The molecule has 2 unspecified atom stereocenters. The van der Waals surface area contributed by atoms with Crippen LogP contribution in [0.5, 0.6) is 0 Å². The predicted molar refractivity (Wildman–Crippen MR) is 340 cm³/mol. The van der Waals surface area contributed by atoms with Gasteiger partial charge in [-0.3, -0.25) is 37.3 Å². The van der Waals surface area contributed by atoms with E-state index in [2.05, 4.69) is 41.5 Å². The standard InChI is InChI=1S/C66H128O17P2/c1-7-9-11-13-15-17-19-20-21-22-23-25-31-38-44-50-65(70)82-61(55-77-64(69)49-43-37-32-26-28-34-40-46-58(3)4)56-80-84(72,73)78-52-60(67)53-79-85(74,75)81-57-62(83-66(71)51-45-39-33-27-29-35-41-47-59(5)6)54-76-63(68)48-42-36-30-24-18-16-14-12-10-8-2/h58-62,67H,7-57H2,1-6H3,(H,72,73)(H,74,75)/t60-,61-,62-/m1/s1. The van der Waals surface area contributed by atoms with E-state index in [9.17, 15) is 43.2 Å². The number of ether oxygens (including phenoxy) is 4. The second kappa shape index (κ2) is 58.4. The maximum atomic E-state index is 13.0. The molecule has 0 amide bonds. The van der Waals surface area contributed by atoms with Crippen LogP contribution in [0.4, 0.5) is 0 Å². The van der Waals surface area contributed by atoms with Gasteiger partial charge in [-0.25, -0.2) is 9.13 Å². The van der Waals surface area contributed by atoms with Gasteiger partial charge in [-0.2, -0.15) is 0 Å². The summed E-state index contributed by atoms with van der Waals surface area (Å²) in [5.41, 5.74) is 0. The maximum absolute atomic E-state index is 13.0. The van der Waals surface area contributed by atoms with Gasteiger partial charge in [-0.15, -0.1) is 0 Å². The number of carbonyl (C=O) groups is 4. The Balaban J connectivity index is 5.23. The first-order valence-corrected chi connectivity index (χ1v) is 37.5. The normalized spacial score (nSPS) is 14.2. The second-order valence-corrected chi connectivity index (χ2v) is 27.7. The smallest absolute Gasteiger partial charge is 0.462 e. The number of unbranched alkanes of at least 4 members (excludes halogenated alkanes) is 35. The highest BCUT2D eigenvalue weighted by atomic mass is 31.2. The zero-order chi connectivity index (χ0) is 62.9. The van der Waals surface area contributed by atoms with Crippen LogP contribution >= 0.6 is 15.6 Å². The molecule has 0 aromatic carbocycles. The second-order valence-electron chi connectivity index (χ2n) is 24.8. The average molecular weight is 1260 g/mol. The minimum atomic E-state index is -4.95. The van der Waals surface area contributed by atoms with Crippen molar-refractivity contribution in [3.63, 3.8) is 0 Å². The molecular formula is C66H128O17P2. The largest absolute Gasteiger partial charge is 0.472 e. The van der Waals surface area contributed by atoms with E-state index in [0.29, 0.717) is 37.5 Å². The molecule has 0 bridgehead atoms. The van der Waals surface area contributed by atoms with Crippen molar-refractivity contribution in [1.29, 1.82) is 0 Å². The molecule has 3 N–H and O–H groups in total. The van der Waals surface area contributed by atoms with Crippen molar-refractivity contribution in [3.05, 3.63) is 0 Å². The highest BCUT2D eigenvalue weighted by molar-refractivity contribution is 7.47. The first-order valence-electron chi connectivity index (χ1n) is 34.5. The van der Waals surface area contributed by atoms with Gasteiger partial charge < -0.3 is 33.8 Å². The first kappa shape index (κ1) is 83.1. The third-order valence-electron chi connectivity index (χ3n) is 15.2. The summed E-state index contributed by atoms with van der Waals surface area (Å²) in [4.78, 5) is 72.3. The fourth-order valence-corrected chi connectivity index (χ4v) is 11.5. The number of phosphoric ester groups is 2. The van der Waals surface area contributed by atoms with Crippen molar-refractivity contribution in [2.45, 2.75) is 349 Å². The van der Waals surface area contributed by atoms with Crippen LogP contribution in [-0.2, 0) is 65.4 Å². The molecule has 17 nitrogen and oxygen atoms in total. The number of rotatable bonds is 65. The summed E-state index contributed by atoms with van der Waals surface area (Å²) in [6.07, 6.45) is 41.8. The van der Waals surface area contributed by atoms with E-state index in [1.165, 1.54) is 141 Å². The van der Waals surface area contributed by atoms with Crippen LogP contribution in [0.2, 0.25) is 0 Å². The zero-order valence-corrected chi connectivity index (χ0v) is 56.7. The third kappa shape index (κ3) is 60.7. The molecule has 504 valence electrons. The Labute approximate surface area is 517 Å². The van der Waals surface area contributed by atoms with Crippen LogP contribution in [0.15, 0.2) is 0 Å². The summed E-state index contributed by atoms with van der Waals surface area (Å²) in [5, 5.41) is 10.5. The average Bonchev–Trinajstić information content (AvgIpc) is 3.51. The van der Waals surface area contributed by atoms with E-state index >= 15 is 0 Å². The van der Waals surface area contributed by atoms with Crippen molar-refractivity contribution < 1.29 is 80.2 Å². The van der Waals surface area contributed by atoms with Gasteiger partial charge in [0, 0.05) is 25.7 Å². The summed E-state index contributed by atoms with van der Waals surface area (Å²) in [7, 11) is -9.89. The number of hydrogen-bond donors (Lipinski definition) is 3. The van der Waals surface area contributed by atoms with Crippen LogP contribution in [0, 0.1) is 11.8 Å². The highest BCUT2D eigenvalue weighted by Gasteiger charge is 2.30. The molecular weight excluding hydrogens is 1130 g/mol. The van der Waals surface area contributed by atoms with Crippen molar-refractivity contribution in [3.8, 4) is 0 Å². The lowest BCUT2D eigenvalue weighted by atomic mass is 10.0. The number of hydrogen-bond acceptors (Lipinski definition) is 15. The molecule has 19 heteroatoms. The molecule has 0 aliphatic rings. The Morgan fingerprint density at radius 1 is 0.318 bits per heavy atom. The zero-order valence-electron chi connectivity index (χ0n) is 54.9. The van der Waals surface area contributed by atoms with E-state index in [0.717, 1.165) is 96.3 Å². The third-order valence-corrected chi connectivity index (χ3v) is 17.1. The molecule has 0 saturated carbocycles. The molecule has 85 heavy (non-hydrogen) atoms. The van der Waals surface area contributed by atoms with Gasteiger partial charge in [0.15, 0.2) is 12.2 Å². The number of aliphatic hydroxyl groups excluding tert-OH is 1. The summed E-state index contributed by atoms with van der Waals surface area (Å²) >= 11 is 0. The molecule has 0 heterocycles. The predicted octanol–water partition coefficient (Wildman–Crippen LogP) is 18.4. The van der Waals surface area contributed by atoms with Crippen molar-refractivity contribution in [1.82, 2.24) is 0 Å². The lowest BCUT2D eigenvalue weighted by Crippen LogP contribution is -2.30. The fourth-order valence-electron chi connectivity index (χ4n) is 9.88. The van der Waals surface area contributed by atoms with E-state index < -0.39 is 97.5 Å². The van der Waals surface area contributed by atoms with Crippen LogP contribution < -0.4 is 0 Å². The van der Waals surface area contributed by atoms with Gasteiger partial charge in [-0.1, -0.05) is 279 Å². The summed E-state index contributed by atoms with van der Waals surface area (Å²) in [5.74, 6) is -0.732. The molecule has 0 spiro atoms. The van der Waals surface area contributed by atoms with Gasteiger partial charge >= 0.3 is 39.5 Å². The summed E-state index contributed by atoms with van der Waals surface area (Å²) in [6, 6.07) is 0. The maximum Gasteiger partial charge on any atom is 0.472 e. The number of carbonyl (C=O) groups excluding carboxylic acids is 4. The SMILES string of the molecule is CCCCCCCCCCCCCCCCCC(=O)O[C@H](COC(=O)CCCCCCCCCC(C)C)COP(=O)(O)OC[C@@H](O)COP(=O)(O)OC[C@@H](COC(=O)CCCCCCCCCCCC)OC(=O)CCCCCCCCCC(C)C.